The minimum Gasteiger partial charge on any atom is -0.872 e. The Bertz CT molecular complexity index is 1340. The summed E-state index contributed by atoms with van der Waals surface area (Å²) in [5.41, 5.74) is 0. The summed E-state index contributed by atoms with van der Waals surface area (Å²) >= 11 is 0. The van der Waals surface area contributed by atoms with Crippen LogP contribution in [0.5, 0.6) is 11.5 Å². The topological polar surface area (TPSA) is 155 Å². The summed E-state index contributed by atoms with van der Waals surface area (Å²) in [6.07, 6.45) is 0. The molecule has 0 amide bonds. The van der Waals surface area contributed by atoms with Gasteiger partial charge < -0.3 is 14.8 Å². The maximum atomic E-state index is 11.4. The van der Waals surface area contributed by atoms with E-state index in [-0.39, 0.29) is 37.9 Å². The third-order valence-electron chi connectivity index (χ3n) is 4.22. The minimum atomic E-state index is -4.60. The van der Waals surface area contributed by atoms with Gasteiger partial charge in [0.1, 0.15) is 20.8 Å². The van der Waals surface area contributed by atoms with E-state index in [1.165, 1.54) is 36.4 Å². The first-order valence-corrected chi connectivity index (χ1v) is 11.2. The molecular weight excluding hydrogens is 491 g/mol. The normalized spacial score (nSPS) is 11.4. The molecule has 0 bridgehead atoms. The van der Waals surface area contributed by atoms with Crippen LogP contribution in [0, 0.1) is 0 Å². The van der Waals surface area contributed by atoms with Crippen LogP contribution in [-0.2, 0) is 36.7 Å². The van der Waals surface area contributed by atoms with E-state index in [9.17, 15) is 31.6 Å². The summed E-state index contributed by atoms with van der Waals surface area (Å²) in [5, 5.41) is 22.1. The van der Waals surface area contributed by atoms with Crippen molar-refractivity contribution in [3.05, 3.63) is 72.8 Å². The molecule has 4 aromatic rings. The van der Waals surface area contributed by atoms with Gasteiger partial charge in [0, 0.05) is 5.39 Å². The molecular formula is C20H14NiO8S2. The van der Waals surface area contributed by atoms with Crippen molar-refractivity contribution in [3.63, 3.8) is 0 Å². The summed E-state index contributed by atoms with van der Waals surface area (Å²) in [4.78, 5) is -0.733. The van der Waals surface area contributed by atoms with Gasteiger partial charge in [0.05, 0.1) is 4.90 Å². The number of hydrogen-bond acceptors (Lipinski definition) is 7. The Balaban J connectivity index is 0.000000213. The molecule has 0 saturated heterocycles. The van der Waals surface area contributed by atoms with Crippen LogP contribution >= 0.6 is 0 Å². The van der Waals surface area contributed by atoms with Gasteiger partial charge >= 0.3 is 16.5 Å². The van der Waals surface area contributed by atoms with Crippen LogP contribution in [0.3, 0.4) is 0 Å². The fourth-order valence-corrected chi connectivity index (χ4v) is 4.43. The van der Waals surface area contributed by atoms with Crippen molar-refractivity contribution >= 4 is 41.8 Å². The Labute approximate surface area is 188 Å². The van der Waals surface area contributed by atoms with Crippen LogP contribution in [0.1, 0.15) is 0 Å². The van der Waals surface area contributed by atoms with Crippen molar-refractivity contribution in [2.45, 2.75) is 9.79 Å². The van der Waals surface area contributed by atoms with Gasteiger partial charge in [0.25, 0.3) is 10.1 Å². The zero-order valence-electron chi connectivity index (χ0n) is 15.4. The number of hydrogen-bond donors (Lipinski definition) is 2. The van der Waals surface area contributed by atoms with Crippen molar-refractivity contribution in [2.24, 2.45) is 0 Å². The van der Waals surface area contributed by atoms with Gasteiger partial charge in [-0.1, -0.05) is 60.3 Å². The molecule has 0 aliphatic carbocycles. The van der Waals surface area contributed by atoms with Gasteiger partial charge in [-0.25, -0.2) is 8.42 Å². The molecule has 0 saturated carbocycles. The molecule has 0 unspecified atom stereocenters. The minimum absolute atomic E-state index is 0. The van der Waals surface area contributed by atoms with Gasteiger partial charge in [-0.15, -0.1) is 0 Å². The van der Waals surface area contributed by atoms with Crippen molar-refractivity contribution in [2.75, 3.05) is 0 Å². The van der Waals surface area contributed by atoms with E-state index in [4.69, 9.17) is 4.55 Å². The van der Waals surface area contributed by atoms with Crippen LogP contribution in [0.2, 0.25) is 0 Å². The maximum absolute atomic E-state index is 11.4. The number of phenolic OH excluding ortho intramolecular Hbond substituents is 1. The average molecular weight is 505 g/mol. The Morgan fingerprint density at radius 2 is 1.13 bits per heavy atom. The summed E-state index contributed by atoms with van der Waals surface area (Å²) in [5.74, 6) is -0.622. The Morgan fingerprint density at radius 3 is 1.65 bits per heavy atom. The molecule has 2 N–H and O–H groups in total. The smallest absolute Gasteiger partial charge is 0.872 e. The molecule has 164 valence electrons. The molecule has 0 spiro atoms. The monoisotopic (exact) mass is 504 g/mol. The van der Waals surface area contributed by atoms with Crippen molar-refractivity contribution < 1.29 is 52.6 Å². The molecule has 8 nitrogen and oxygen atoms in total. The van der Waals surface area contributed by atoms with E-state index >= 15 is 0 Å². The number of benzene rings is 4. The third-order valence-corrected chi connectivity index (χ3v) is 5.99. The zero-order chi connectivity index (χ0) is 22.1. The van der Waals surface area contributed by atoms with Gasteiger partial charge in [-0.3, -0.25) is 4.55 Å². The van der Waals surface area contributed by atoms with Crippen LogP contribution in [0.4, 0.5) is 0 Å². The number of rotatable bonds is 2. The fraction of sp³-hybridized carbons (Fsp3) is 0. The zero-order valence-corrected chi connectivity index (χ0v) is 18.0. The molecule has 4 rings (SSSR count). The van der Waals surface area contributed by atoms with E-state index in [0.717, 1.165) is 6.07 Å². The molecule has 0 aliphatic rings. The Kier molecular flexibility index (Phi) is 7.30. The molecule has 31 heavy (non-hydrogen) atoms. The first kappa shape index (κ1) is 24.6. The molecule has 0 aliphatic heterocycles. The number of phenols is 1. The first-order valence-electron chi connectivity index (χ1n) is 8.33. The Morgan fingerprint density at radius 1 is 0.677 bits per heavy atom. The predicted octanol–water partition coefficient (Wildman–Crippen LogP) is 2.61. The van der Waals surface area contributed by atoms with Crippen molar-refractivity contribution in [1.82, 2.24) is 0 Å². The largest absolute Gasteiger partial charge is 2.00 e. The average Bonchev–Trinajstić information content (AvgIpc) is 2.67. The maximum Gasteiger partial charge on any atom is 2.00 e. The molecule has 4 aromatic carbocycles. The summed E-state index contributed by atoms with van der Waals surface area (Å²) in [7, 11) is -8.91. The third kappa shape index (κ3) is 5.33. The van der Waals surface area contributed by atoms with Gasteiger partial charge in [-0.2, -0.15) is 8.42 Å². The van der Waals surface area contributed by atoms with E-state index in [1.54, 1.807) is 30.3 Å². The molecule has 0 aromatic heterocycles. The summed E-state index contributed by atoms with van der Waals surface area (Å²) in [6.45, 7) is 0. The number of fused-ring (bicyclic) bond motifs is 2. The summed E-state index contributed by atoms with van der Waals surface area (Å²) < 4.78 is 63.8. The molecule has 0 atom stereocenters. The molecule has 0 heterocycles. The Hall–Kier alpha value is -2.69. The van der Waals surface area contributed by atoms with E-state index in [0.29, 0.717) is 10.8 Å². The van der Waals surface area contributed by atoms with Gasteiger partial charge in [0.15, 0.2) is 0 Å². The van der Waals surface area contributed by atoms with Crippen molar-refractivity contribution in [1.29, 1.82) is 0 Å². The van der Waals surface area contributed by atoms with E-state index in [2.05, 4.69) is 0 Å². The van der Waals surface area contributed by atoms with E-state index < -0.39 is 30.9 Å². The first-order chi connectivity index (χ1) is 14.0. The molecule has 11 heteroatoms. The summed E-state index contributed by atoms with van der Waals surface area (Å²) in [6, 6.07) is 17.6. The number of aromatic hydroxyl groups is 1. The fourth-order valence-electron chi connectivity index (χ4n) is 2.98. The second-order valence-corrected chi connectivity index (χ2v) is 8.91. The van der Waals surface area contributed by atoms with Gasteiger partial charge in [-0.05, 0) is 34.4 Å². The van der Waals surface area contributed by atoms with Crippen LogP contribution in [0.25, 0.3) is 21.5 Å². The quantitative estimate of drug-likeness (QED) is 0.311. The van der Waals surface area contributed by atoms with Crippen LogP contribution in [-0.4, -0.2) is 31.0 Å². The van der Waals surface area contributed by atoms with Gasteiger partial charge in [0.2, 0.25) is 0 Å². The van der Waals surface area contributed by atoms with E-state index in [1.807, 2.05) is 0 Å². The standard InChI is InChI=1S/2C10H8O4S.Ni/c2*11-8-5-1-3-7-4-2-6-9(10(7)8)15(12,13)14;/h2*1-6,11H,(H,12,13,14);/q;;+2/p-2. The van der Waals surface area contributed by atoms with Crippen molar-refractivity contribution in [3.8, 4) is 11.5 Å². The molecule has 0 radical (unpaired) electrons. The second kappa shape index (κ2) is 9.21. The van der Waals surface area contributed by atoms with Crippen LogP contribution < -0.4 is 5.11 Å². The molecule has 0 fully saturated rings. The van der Waals surface area contributed by atoms with Crippen LogP contribution in [0.15, 0.2) is 82.6 Å². The second-order valence-electron chi connectivity index (χ2n) is 6.17. The SMILES string of the molecule is O=S(=O)(O)c1cccc2cccc(O)c12.O=S(=O)([O-])c1cccc2cccc([O-])c12.[Ni+2]. The predicted molar refractivity (Wildman–Crippen MR) is 107 cm³/mol.